The summed E-state index contributed by atoms with van der Waals surface area (Å²) in [4.78, 5) is 24.6. The lowest BCUT2D eigenvalue weighted by atomic mass is 10.1. The summed E-state index contributed by atoms with van der Waals surface area (Å²) < 4.78 is 0. The molecule has 90 valence electrons. The number of likely N-dealkylation sites (tertiary alicyclic amines) is 1. The van der Waals surface area contributed by atoms with E-state index in [2.05, 4.69) is 0 Å². The molecule has 1 amide bonds. The molecule has 1 aliphatic heterocycles. The van der Waals surface area contributed by atoms with Gasteiger partial charge >= 0.3 is 5.97 Å². The van der Waals surface area contributed by atoms with Gasteiger partial charge in [0, 0.05) is 18.2 Å². The lowest BCUT2D eigenvalue weighted by Crippen LogP contribution is -2.36. The van der Waals surface area contributed by atoms with E-state index in [-0.39, 0.29) is 18.4 Å². The van der Waals surface area contributed by atoms with Crippen LogP contribution in [0.3, 0.4) is 0 Å². The van der Waals surface area contributed by atoms with Crippen molar-refractivity contribution >= 4 is 11.9 Å². The highest BCUT2D eigenvalue weighted by atomic mass is 16.4. The normalized spacial score (nSPS) is 19.3. The van der Waals surface area contributed by atoms with Gasteiger partial charge in [-0.15, -0.1) is 0 Å². The molecule has 1 aromatic carbocycles. The SMILES string of the molecule is O=C(O)CC1CCCN1C(=O)c1ccccc1. The molecule has 0 bridgehead atoms. The first-order valence-corrected chi connectivity index (χ1v) is 5.76. The van der Waals surface area contributed by atoms with Gasteiger partial charge in [0.15, 0.2) is 0 Å². The smallest absolute Gasteiger partial charge is 0.305 e. The van der Waals surface area contributed by atoms with E-state index in [1.807, 2.05) is 18.2 Å². The van der Waals surface area contributed by atoms with Gasteiger partial charge in [0.05, 0.1) is 6.42 Å². The number of carbonyl (C=O) groups is 2. The van der Waals surface area contributed by atoms with Crippen molar-refractivity contribution in [2.24, 2.45) is 0 Å². The first-order chi connectivity index (χ1) is 8.18. The van der Waals surface area contributed by atoms with E-state index < -0.39 is 5.97 Å². The third kappa shape index (κ3) is 2.64. The van der Waals surface area contributed by atoms with Crippen LogP contribution in [0.2, 0.25) is 0 Å². The fourth-order valence-corrected chi connectivity index (χ4v) is 2.26. The van der Waals surface area contributed by atoms with Crippen molar-refractivity contribution in [1.29, 1.82) is 0 Å². The third-order valence-electron chi connectivity index (χ3n) is 3.07. The van der Waals surface area contributed by atoms with Crippen LogP contribution in [0.25, 0.3) is 0 Å². The van der Waals surface area contributed by atoms with Gasteiger partial charge in [-0.2, -0.15) is 0 Å². The van der Waals surface area contributed by atoms with Crippen LogP contribution in [0.5, 0.6) is 0 Å². The summed E-state index contributed by atoms with van der Waals surface area (Å²) in [5.41, 5.74) is 0.629. The Balaban J connectivity index is 2.11. The van der Waals surface area contributed by atoms with Gasteiger partial charge < -0.3 is 10.0 Å². The molecule has 4 nitrogen and oxygen atoms in total. The van der Waals surface area contributed by atoms with Gasteiger partial charge in [0.1, 0.15) is 0 Å². The second-order valence-corrected chi connectivity index (χ2v) is 4.26. The van der Waals surface area contributed by atoms with Crippen molar-refractivity contribution in [2.45, 2.75) is 25.3 Å². The molecule has 1 unspecified atom stereocenters. The number of carbonyl (C=O) groups excluding carboxylic acids is 1. The molecule has 1 heterocycles. The highest BCUT2D eigenvalue weighted by Crippen LogP contribution is 2.22. The second-order valence-electron chi connectivity index (χ2n) is 4.26. The topological polar surface area (TPSA) is 57.6 Å². The van der Waals surface area contributed by atoms with E-state index in [1.165, 1.54) is 0 Å². The maximum Gasteiger partial charge on any atom is 0.305 e. The maximum atomic E-state index is 12.2. The zero-order valence-corrected chi connectivity index (χ0v) is 9.50. The van der Waals surface area contributed by atoms with Crippen molar-refractivity contribution in [3.8, 4) is 0 Å². The fourth-order valence-electron chi connectivity index (χ4n) is 2.26. The summed E-state index contributed by atoms with van der Waals surface area (Å²) in [6, 6.07) is 8.86. The molecule has 1 atom stereocenters. The lowest BCUT2D eigenvalue weighted by molar-refractivity contribution is -0.137. The molecule has 1 fully saturated rings. The van der Waals surface area contributed by atoms with Crippen LogP contribution in [0.15, 0.2) is 30.3 Å². The fraction of sp³-hybridized carbons (Fsp3) is 0.385. The minimum Gasteiger partial charge on any atom is -0.481 e. The van der Waals surface area contributed by atoms with Crippen molar-refractivity contribution < 1.29 is 14.7 Å². The summed E-state index contributed by atoms with van der Waals surface area (Å²) in [6.07, 6.45) is 1.71. The Morgan fingerprint density at radius 1 is 1.29 bits per heavy atom. The Labute approximate surface area is 99.9 Å². The summed E-state index contributed by atoms with van der Waals surface area (Å²) in [5.74, 6) is -0.905. The van der Waals surface area contributed by atoms with Gasteiger partial charge in [-0.05, 0) is 25.0 Å². The predicted octanol–water partition coefficient (Wildman–Crippen LogP) is 1.77. The summed E-state index contributed by atoms with van der Waals surface area (Å²) in [6.45, 7) is 0.658. The molecule has 1 saturated heterocycles. The average molecular weight is 233 g/mol. The van der Waals surface area contributed by atoms with Crippen LogP contribution in [0.1, 0.15) is 29.6 Å². The molecule has 0 saturated carbocycles. The average Bonchev–Trinajstić information content (AvgIpc) is 2.76. The Hall–Kier alpha value is -1.84. The standard InChI is InChI=1S/C13H15NO3/c15-12(16)9-11-7-4-8-14(11)13(17)10-5-2-1-3-6-10/h1-3,5-6,11H,4,7-9H2,(H,15,16). The molecular weight excluding hydrogens is 218 g/mol. The molecule has 1 N–H and O–H groups in total. The molecule has 1 aliphatic rings. The van der Waals surface area contributed by atoms with Gasteiger partial charge in [-0.25, -0.2) is 0 Å². The van der Waals surface area contributed by atoms with Gasteiger partial charge in [0.25, 0.3) is 5.91 Å². The first-order valence-electron chi connectivity index (χ1n) is 5.76. The minimum atomic E-state index is -0.845. The van der Waals surface area contributed by atoms with Crippen molar-refractivity contribution in [1.82, 2.24) is 4.90 Å². The Kier molecular flexibility index (Phi) is 3.42. The van der Waals surface area contributed by atoms with Crippen LogP contribution in [0.4, 0.5) is 0 Å². The van der Waals surface area contributed by atoms with Crippen molar-refractivity contribution in [3.63, 3.8) is 0 Å². The molecular formula is C13H15NO3. The minimum absolute atomic E-state index is 0.0403. The van der Waals surface area contributed by atoms with Crippen LogP contribution < -0.4 is 0 Å². The van der Waals surface area contributed by atoms with Crippen molar-refractivity contribution in [2.75, 3.05) is 6.54 Å². The van der Waals surface area contributed by atoms with Crippen LogP contribution in [-0.4, -0.2) is 34.5 Å². The predicted molar refractivity (Wildman–Crippen MR) is 62.8 cm³/mol. The van der Waals surface area contributed by atoms with E-state index in [9.17, 15) is 9.59 Å². The number of hydrogen-bond donors (Lipinski definition) is 1. The molecule has 0 aromatic heterocycles. The third-order valence-corrected chi connectivity index (χ3v) is 3.07. The number of benzene rings is 1. The maximum absolute atomic E-state index is 12.2. The molecule has 0 radical (unpaired) electrons. The van der Waals surface area contributed by atoms with Gasteiger partial charge in [0.2, 0.25) is 0 Å². The lowest BCUT2D eigenvalue weighted by Gasteiger charge is -2.23. The largest absolute Gasteiger partial charge is 0.481 e. The van der Waals surface area contributed by atoms with E-state index in [4.69, 9.17) is 5.11 Å². The van der Waals surface area contributed by atoms with Crippen LogP contribution in [-0.2, 0) is 4.79 Å². The second kappa shape index (κ2) is 4.99. The van der Waals surface area contributed by atoms with E-state index in [1.54, 1.807) is 17.0 Å². The summed E-state index contributed by atoms with van der Waals surface area (Å²) in [5, 5.41) is 8.81. The molecule has 17 heavy (non-hydrogen) atoms. The first kappa shape index (κ1) is 11.6. The highest BCUT2D eigenvalue weighted by Gasteiger charge is 2.30. The number of amides is 1. The summed E-state index contributed by atoms with van der Waals surface area (Å²) in [7, 11) is 0. The Morgan fingerprint density at radius 3 is 2.65 bits per heavy atom. The quantitative estimate of drug-likeness (QED) is 0.865. The van der Waals surface area contributed by atoms with Crippen LogP contribution >= 0.6 is 0 Å². The number of rotatable bonds is 3. The highest BCUT2D eigenvalue weighted by molar-refractivity contribution is 5.94. The van der Waals surface area contributed by atoms with E-state index in [0.29, 0.717) is 12.1 Å². The van der Waals surface area contributed by atoms with Gasteiger partial charge in [-0.1, -0.05) is 18.2 Å². The number of nitrogens with zero attached hydrogens (tertiary/aromatic N) is 1. The number of carboxylic acids is 1. The Bertz CT molecular complexity index is 416. The monoisotopic (exact) mass is 233 g/mol. The van der Waals surface area contributed by atoms with Crippen molar-refractivity contribution in [3.05, 3.63) is 35.9 Å². The molecule has 4 heteroatoms. The summed E-state index contributed by atoms with van der Waals surface area (Å²) >= 11 is 0. The molecule has 0 aliphatic carbocycles. The number of hydrogen-bond acceptors (Lipinski definition) is 2. The molecule has 0 spiro atoms. The van der Waals surface area contributed by atoms with E-state index >= 15 is 0 Å². The number of aliphatic carboxylic acids is 1. The Morgan fingerprint density at radius 2 is 2.00 bits per heavy atom. The zero-order chi connectivity index (χ0) is 12.3. The number of carboxylic acid groups (broad SMARTS) is 1. The van der Waals surface area contributed by atoms with Crippen LogP contribution in [0, 0.1) is 0 Å². The zero-order valence-electron chi connectivity index (χ0n) is 9.50. The molecule has 2 rings (SSSR count). The van der Waals surface area contributed by atoms with Gasteiger partial charge in [-0.3, -0.25) is 9.59 Å². The molecule has 1 aromatic rings. The van der Waals surface area contributed by atoms with E-state index in [0.717, 1.165) is 12.8 Å².